The van der Waals surface area contributed by atoms with E-state index in [-0.39, 0.29) is 11.8 Å². The third-order valence-electron chi connectivity index (χ3n) is 9.65. The Morgan fingerprint density at radius 2 is 1.64 bits per heavy atom. The number of fused-ring (bicyclic) bond motifs is 1. The lowest BCUT2D eigenvalue weighted by Gasteiger charge is -2.40. The van der Waals surface area contributed by atoms with Crippen LogP contribution in [0.2, 0.25) is 0 Å². The number of carboxylic acid groups (broad SMARTS) is 1. The van der Waals surface area contributed by atoms with Crippen LogP contribution in [0.1, 0.15) is 86.2 Å². The molecule has 45 heavy (non-hydrogen) atoms. The summed E-state index contributed by atoms with van der Waals surface area (Å²) in [5, 5.41) is 21.4. The Balaban J connectivity index is 1.09. The maximum atomic E-state index is 13.6. The molecule has 0 bridgehead atoms. The lowest BCUT2D eigenvalue weighted by Crippen LogP contribution is -2.61. The number of anilines is 2. The molecule has 4 aromatic rings. The molecule has 2 aliphatic carbocycles. The minimum absolute atomic E-state index is 0.319. The number of amides is 2. The quantitative estimate of drug-likeness (QED) is 0.248. The number of aromatic nitrogens is 4. The van der Waals surface area contributed by atoms with Crippen molar-refractivity contribution in [1.82, 2.24) is 25.1 Å². The molecule has 11 nitrogen and oxygen atoms in total. The zero-order chi connectivity index (χ0) is 31.0. The highest BCUT2D eigenvalue weighted by atomic mass is 16.4. The van der Waals surface area contributed by atoms with Crippen LogP contribution in [0.4, 0.5) is 11.6 Å². The summed E-state index contributed by atoms with van der Waals surface area (Å²) in [4.78, 5) is 48.9. The number of para-hydroxylation sites is 1. The van der Waals surface area contributed by atoms with Crippen LogP contribution < -0.4 is 15.5 Å². The van der Waals surface area contributed by atoms with E-state index in [1.165, 1.54) is 37.4 Å². The molecule has 3 fully saturated rings. The monoisotopic (exact) mass is 607 g/mol. The zero-order valence-corrected chi connectivity index (χ0v) is 25.1. The van der Waals surface area contributed by atoms with E-state index in [4.69, 9.17) is 5.10 Å². The lowest BCUT2D eigenvalue weighted by molar-refractivity contribution is -0.138. The minimum Gasteiger partial charge on any atom is -0.480 e. The van der Waals surface area contributed by atoms with Gasteiger partial charge in [-0.05, 0) is 69.2 Å². The van der Waals surface area contributed by atoms with Gasteiger partial charge < -0.3 is 20.6 Å². The van der Waals surface area contributed by atoms with Gasteiger partial charge in [-0.1, -0.05) is 43.5 Å². The molecule has 2 aromatic carbocycles. The number of aliphatic carboxylic acids is 1. The number of hydrogen-bond acceptors (Lipinski definition) is 7. The molecule has 1 atom stereocenters. The fourth-order valence-corrected chi connectivity index (χ4v) is 7.06. The van der Waals surface area contributed by atoms with Crippen molar-refractivity contribution in [3.05, 3.63) is 72.2 Å². The van der Waals surface area contributed by atoms with Gasteiger partial charge in [0.2, 0.25) is 11.9 Å². The first-order valence-electron chi connectivity index (χ1n) is 16.0. The van der Waals surface area contributed by atoms with Crippen molar-refractivity contribution in [3.8, 4) is 5.69 Å². The maximum Gasteiger partial charge on any atom is 0.326 e. The fourth-order valence-electron chi connectivity index (χ4n) is 7.06. The van der Waals surface area contributed by atoms with Crippen LogP contribution in [-0.4, -0.2) is 60.8 Å². The van der Waals surface area contributed by atoms with Gasteiger partial charge in [-0.2, -0.15) is 5.10 Å². The third-order valence-corrected chi connectivity index (χ3v) is 9.65. The van der Waals surface area contributed by atoms with Crippen molar-refractivity contribution < 1.29 is 19.5 Å². The van der Waals surface area contributed by atoms with Crippen LogP contribution in [0.15, 0.2) is 60.9 Å². The van der Waals surface area contributed by atoms with Crippen molar-refractivity contribution in [1.29, 1.82) is 0 Å². The SMILES string of the molecule is O=C(NC1(C(=O)Nc2cnc(N3CCC[C@H]3C(=O)O)nc2)CCC1)c1ccc2c(C3CCCCC3)n(-c3ccccc3)nc2c1. The predicted octanol–water partition coefficient (Wildman–Crippen LogP) is 5.21. The second-order valence-corrected chi connectivity index (χ2v) is 12.5. The van der Waals surface area contributed by atoms with Crippen LogP contribution in [0, 0.1) is 0 Å². The Labute approximate surface area is 261 Å². The average Bonchev–Trinajstić information content (AvgIpc) is 3.69. The highest BCUT2D eigenvalue weighted by molar-refractivity contribution is 6.05. The van der Waals surface area contributed by atoms with Crippen LogP contribution in [0.25, 0.3) is 16.6 Å². The highest BCUT2D eigenvalue weighted by Gasteiger charge is 2.46. The summed E-state index contributed by atoms with van der Waals surface area (Å²) < 4.78 is 2.04. The smallest absolute Gasteiger partial charge is 0.326 e. The second-order valence-electron chi connectivity index (χ2n) is 12.5. The molecule has 0 unspecified atom stereocenters. The molecule has 3 aliphatic rings. The first-order valence-corrected chi connectivity index (χ1v) is 16.0. The molecule has 2 aromatic heterocycles. The van der Waals surface area contributed by atoms with E-state index in [1.54, 1.807) is 4.90 Å². The number of carbonyl (C=O) groups is 3. The van der Waals surface area contributed by atoms with Crippen LogP contribution in [0.5, 0.6) is 0 Å². The van der Waals surface area contributed by atoms with Gasteiger partial charge in [0, 0.05) is 23.4 Å². The molecule has 2 saturated carbocycles. The summed E-state index contributed by atoms with van der Waals surface area (Å²) in [6.45, 7) is 0.567. The van der Waals surface area contributed by atoms with Crippen molar-refractivity contribution in [3.63, 3.8) is 0 Å². The van der Waals surface area contributed by atoms with Crippen molar-refractivity contribution in [2.24, 2.45) is 0 Å². The number of hydrogen-bond donors (Lipinski definition) is 3. The van der Waals surface area contributed by atoms with Gasteiger partial charge in [0.15, 0.2) is 0 Å². The largest absolute Gasteiger partial charge is 0.480 e. The predicted molar refractivity (Wildman–Crippen MR) is 170 cm³/mol. The number of carbonyl (C=O) groups excluding carboxylic acids is 2. The standard InChI is InChI=1S/C34H37N7O4/c42-30(23-14-15-26-27(19-23)39-41(25-11-5-2-6-12-25)29(26)22-9-3-1-4-10-22)38-34(16-8-17-34)32(45)37-24-20-35-33(36-21-24)40-18-7-13-28(40)31(43)44/h2,5-6,11-12,14-15,19-22,28H,1,3-4,7-10,13,16-18H2,(H,37,45)(H,38,42)(H,43,44)/t28-/m0/s1. The fraction of sp³-hybridized carbons (Fsp3) is 0.412. The third kappa shape index (κ3) is 5.51. The van der Waals surface area contributed by atoms with Gasteiger partial charge in [-0.25, -0.2) is 19.4 Å². The summed E-state index contributed by atoms with van der Waals surface area (Å²) in [5.41, 5.74) is 2.78. The molecule has 0 radical (unpaired) electrons. The van der Waals surface area contributed by atoms with Gasteiger partial charge in [0.25, 0.3) is 5.91 Å². The molecule has 7 rings (SSSR count). The molecule has 1 saturated heterocycles. The average molecular weight is 608 g/mol. The second kappa shape index (κ2) is 11.9. The molecule has 3 N–H and O–H groups in total. The van der Waals surface area contributed by atoms with Crippen LogP contribution >= 0.6 is 0 Å². The van der Waals surface area contributed by atoms with Gasteiger partial charge in [-0.15, -0.1) is 0 Å². The van der Waals surface area contributed by atoms with Crippen LogP contribution in [-0.2, 0) is 9.59 Å². The van der Waals surface area contributed by atoms with Crippen molar-refractivity contribution >= 4 is 40.3 Å². The molecular formula is C34H37N7O4. The Bertz CT molecular complexity index is 1730. The first-order chi connectivity index (χ1) is 21.9. The van der Waals surface area contributed by atoms with E-state index in [9.17, 15) is 19.5 Å². The summed E-state index contributed by atoms with van der Waals surface area (Å²) >= 11 is 0. The molecule has 1 aliphatic heterocycles. The number of benzene rings is 2. The summed E-state index contributed by atoms with van der Waals surface area (Å²) in [6.07, 6.45) is 12.0. The molecule has 11 heteroatoms. The van der Waals surface area contributed by atoms with E-state index in [2.05, 4.69) is 32.7 Å². The van der Waals surface area contributed by atoms with Gasteiger partial charge in [-0.3, -0.25) is 9.59 Å². The maximum absolute atomic E-state index is 13.6. The van der Waals surface area contributed by atoms with E-state index >= 15 is 0 Å². The number of nitrogens with one attached hydrogen (secondary N) is 2. The van der Waals surface area contributed by atoms with E-state index in [0.29, 0.717) is 48.9 Å². The topological polar surface area (TPSA) is 142 Å². The number of carboxylic acids is 1. The summed E-state index contributed by atoms with van der Waals surface area (Å²) in [6, 6.07) is 15.1. The lowest BCUT2D eigenvalue weighted by atomic mass is 9.75. The summed E-state index contributed by atoms with van der Waals surface area (Å²) in [7, 11) is 0. The number of nitrogens with zero attached hydrogens (tertiary/aromatic N) is 5. The van der Waals surface area contributed by atoms with Crippen LogP contribution in [0.3, 0.4) is 0 Å². The van der Waals surface area contributed by atoms with E-state index in [1.807, 2.05) is 41.1 Å². The number of rotatable bonds is 8. The Kier molecular flexibility index (Phi) is 7.68. The molecule has 232 valence electrons. The summed E-state index contributed by atoms with van der Waals surface area (Å²) in [5.74, 6) is -0.805. The molecule has 0 spiro atoms. The van der Waals surface area contributed by atoms with Gasteiger partial charge in [0.1, 0.15) is 11.6 Å². The van der Waals surface area contributed by atoms with Gasteiger partial charge >= 0.3 is 5.97 Å². The first kappa shape index (κ1) is 28.9. The highest BCUT2D eigenvalue weighted by Crippen LogP contribution is 2.38. The Hall–Kier alpha value is -4.80. The minimum atomic E-state index is -1.04. The normalized spacial score (nSPS) is 19.6. The van der Waals surface area contributed by atoms with E-state index < -0.39 is 17.6 Å². The Morgan fingerprint density at radius 3 is 2.33 bits per heavy atom. The molecule has 3 heterocycles. The molecule has 2 amide bonds. The molecular weight excluding hydrogens is 570 g/mol. The zero-order valence-electron chi connectivity index (χ0n) is 25.1. The van der Waals surface area contributed by atoms with Crippen molar-refractivity contribution in [2.45, 2.75) is 81.7 Å². The van der Waals surface area contributed by atoms with Crippen molar-refractivity contribution in [2.75, 3.05) is 16.8 Å². The van der Waals surface area contributed by atoms with Gasteiger partial charge in [0.05, 0.1) is 35.0 Å². The van der Waals surface area contributed by atoms with E-state index in [0.717, 1.165) is 42.3 Å². The Morgan fingerprint density at radius 1 is 0.889 bits per heavy atom.